The molecule has 0 N–H and O–H groups in total. The van der Waals surface area contributed by atoms with Crippen molar-refractivity contribution in [3.8, 4) is 0 Å². The molecule has 0 spiro atoms. The Morgan fingerprint density at radius 2 is 1.85 bits per heavy atom. The highest BCUT2D eigenvalue weighted by molar-refractivity contribution is 5.77. The summed E-state index contributed by atoms with van der Waals surface area (Å²) in [5, 5.41) is 1.33. The first kappa shape index (κ1) is 15.0. The molecule has 2 rings (SSSR count). The molecule has 110 valence electrons. The van der Waals surface area contributed by atoms with Gasteiger partial charge in [-0.05, 0) is 31.2 Å². The molecule has 1 fully saturated rings. The van der Waals surface area contributed by atoms with Crippen LogP contribution in [0.2, 0.25) is 0 Å². The second kappa shape index (κ2) is 7.41. The van der Waals surface area contributed by atoms with Crippen molar-refractivity contribution in [3.63, 3.8) is 0 Å². The third kappa shape index (κ3) is 4.05. The summed E-state index contributed by atoms with van der Waals surface area (Å²) in [6.07, 6.45) is 3.92. The van der Waals surface area contributed by atoms with Crippen molar-refractivity contribution in [1.29, 1.82) is 0 Å². The molecule has 0 bridgehead atoms. The molecule has 20 heavy (non-hydrogen) atoms. The first-order valence-corrected chi connectivity index (χ1v) is 7.18. The number of carbonyl (C=O) groups excluding carboxylic acids is 1. The minimum Gasteiger partial charge on any atom is -0.374 e. The lowest BCUT2D eigenvalue weighted by Crippen LogP contribution is -2.35. The lowest BCUT2D eigenvalue weighted by molar-refractivity contribution is -0.175. The molecule has 0 aromatic heterocycles. The summed E-state index contributed by atoms with van der Waals surface area (Å²) in [5.41, 5.74) is 1.20. The van der Waals surface area contributed by atoms with Crippen LogP contribution in [0.4, 0.5) is 0 Å². The molecule has 1 amide bonds. The van der Waals surface area contributed by atoms with Crippen LogP contribution in [0.3, 0.4) is 0 Å². The Labute approximate surface area is 120 Å². The molecule has 0 unspecified atom stereocenters. The van der Waals surface area contributed by atoms with E-state index in [1.807, 2.05) is 18.2 Å². The van der Waals surface area contributed by atoms with Gasteiger partial charge >= 0.3 is 0 Å². The predicted molar refractivity (Wildman–Crippen MR) is 76.8 cm³/mol. The van der Waals surface area contributed by atoms with Crippen molar-refractivity contribution < 1.29 is 14.4 Å². The highest BCUT2D eigenvalue weighted by Gasteiger charge is 2.28. The number of carbonyl (C=O) groups is 1. The normalized spacial score (nSPS) is 22.5. The fourth-order valence-corrected chi connectivity index (χ4v) is 2.61. The smallest absolute Gasteiger partial charge is 0.248 e. The molecule has 1 aliphatic carbocycles. The van der Waals surface area contributed by atoms with Gasteiger partial charge in [-0.3, -0.25) is 9.63 Å². The number of benzene rings is 1. The predicted octanol–water partition coefficient (Wildman–Crippen LogP) is 2.78. The lowest BCUT2D eigenvalue weighted by Gasteiger charge is -2.29. The summed E-state index contributed by atoms with van der Waals surface area (Å²) in [7, 11) is 3.19. The van der Waals surface area contributed by atoms with Crippen LogP contribution in [0.1, 0.15) is 31.2 Å². The zero-order chi connectivity index (χ0) is 14.4. The van der Waals surface area contributed by atoms with E-state index in [1.165, 1.54) is 17.7 Å². The van der Waals surface area contributed by atoms with E-state index in [4.69, 9.17) is 9.57 Å². The van der Waals surface area contributed by atoms with Gasteiger partial charge in [-0.1, -0.05) is 30.3 Å². The van der Waals surface area contributed by atoms with Gasteiger partial charge in [-0.2, -0.15) is 0 Å². The van der Waals surface area contributed by atoms with Crippen LogP contribution in [0, 0.1) is 5.92 Å². The third-order valence-corrected chi connectivity index (χ3v) is 3.94. The summed E-state index contributed by atoms with van der Waals surface area (Å²) in [6, 6.07) is 10.2. The SMILES string of the molecule is CON(C)C(=O)C1CCC(OCc2ccccc2)CC1. The quantitative estimate of drug-likeness (QED) is 0.777. The Kier molecular flexibility index (Phi) is 5.56. The van der Waals surface area contributed by atoms with Gasteiger partial charge in [0.2, 0.25) is 5.91 Å². The average molecular weight is 277 g/mol. The van der Waals surface area contributed by atoms with E-state index in [-0.39, 0.29) is 17.9 Å². The van der Waals surface area contributed by atoms with Gasteiger partial charge < -0.3 is 4.74 Å². The number of hydroxylamine groups is 2. The van der Waals surface area contributed by atoms with Gasteiger partial charge in [0, 0.05) is 13.0 Å². The monoisotopic (exact) mass is 277 g/mol. The topological polar surface area (TPSA) is 38.8 Å². The van der Waals surface area contributed by atoms with Crippen LogP contribution < -0.4 is 0 Å². The molecule has 1 aromatic carbocycles. The van der Waals surface area contributed by atoms with Crippen molar-refractivity contribution in [1.82, 2.24) is 5.06 Å². The fourth-order valence-electron chi connectivity index (χ4n) is 2.61. The van der Waals surface area contributed by atoms with Gasteiger partial charge in [0.1, 0.15) is 0 Å². The van der Waals surface area contributed by atoms with Crippen molar-refractivity contribution >= 4 is 5.91 Å². The van der Waals surface area contributed by atoms with Gasteiger partial charge in [-0.25, -0.2) is 5.06 Å². The Hall–Kier alpha value is -1.39. The number of hydrogen-bond donors (Lipinski definition) is 0. The molecule has 1 saturated carbocycles. The van der Waals surface area contributed by atoms with E-state index in [9.17, 15) is 4.79 Å². The summed E-state index contributed by atoms with van der Waals surface area (Å²) in [6.45, 7) is 0.655. The number of ether oxygens (including phenoxy) is 1. The second-order valence-electron chi connectivity index (χ2n) is 5.29. The van der Waals surface area contributed by atoms with E-state index in [0.717, 1.165) is 25.7 Å². The molecule has 0 heterocycles. The van der Waals surface area contributed by atoms with Crippen molar-refractivity contribution in [2.45, 2.75) is 38.4 Å². The van der Waals surface area contributed by atoms with E-state index in [2.05, 4.69) is 12.1 Å². The maximum Gasteiger partial charge on any atom is 0.248 e. The maximum atomic E-state index is 12.0. The van der Waals surface area contributed by atoms with Crippen LogP contribution in [0.5, 0.6) is 0 Å². The van der Waals surface area contributed by atoms with E-state index in [1.54, 1.807) is 7.05 Å². The summed E-state index contributed by atoms with van der Waals surface area (Å²) >= 11 is 0. The molecule has 0 aliphatic heterocycles. The number of rotatable bonds is 5. The summed E-state index contributed by atoms with van der Waals surface area (Å²) < 4.78 is 5.93. The molecule has 0 saturated heterocycles. The zero-order valence-corrected chi connectivity index (χ0v) is 12.2. The van der Waals surface area contributed by atoms with E-state index >= 15 is 0 Å². The number of hydrogen-bond acceptors (Lipinski definition) is 3. The first-order chi connectivity index (χ1) is 9.70. The first-order valence-electron chi connectivity index (χ1n) is 7.18. The van der Waals surface area contributed by atoms with Gasteiger partial charge in [0.15, 0.2) is 0 Å². The highest BCUT2D eigenvalue weighted by atomic mass is 16.7. The standard InChI is InChI=1S/C16H23NO3/c1-17(19-2)16(18)14-8-10-15(11-9-14)20-12-13-6-4-3-5-7-13/h3-7,14-15H,8-12H2,1-2H3. The summed E-state index contributed by atoms with van der Waals surface area (Å²) in [4.78, 5) is 16.9. The van der Waals surface area contributed by atoms with E-state index in [0.29, 0.717) is 6.61 Å². The molecule has 1 aromatic rings. The maximum absolute atomic E-state index is 12.0. The van der Waals surface area contributed by atoms with Gasteiger partial charge in [0.25, 0.3) is 0 Å². The lowest BCUT2D eigenvalue weighted by atomic mass is 9.86. The molecule has 0 atom stereocenters. The van der Waals surface area contributed by atoms with Crippen LogP contribution in [-0.2, 0) is 21.0 Å². The third-order valence-electron chi connectivity index (χ3n) is 3.94. The van der Waals surface area contributed by atoms with E-state index < -0.39 is 0 Å². The molecule has 0 radical (unpaired) electrons. The highest BCUT2D eigenvalue weighted by Crippen LogP contribution is 2.28. The number of nitrogens with zero attached hydrogens (tertiary/aromatic N) is 1. The van der Waals surface area contributed by atoms with Crippen LogP contribution >= 0.6 is 0 Å². The summed E-state index contributed by atoms with van der Waals surface area (Å²) in [5.74, 6) is 0.158. The van der Waals surface area contributed by atoms with Crippen molar-refractivity contribution in [2.75, 3.05) is 14.2 Å². The van der Waals surface area contributed by atoms with Crippen molar-refractivity contribution in [3.05, 3.63) is 35.9 Å². The Morgan fingerprint density at radius 3 is 2.45 bits per heavy atom. The van der Waals surface area contributed by atoms with Crippen LogP contribution in [0.25, 0.3) is 0 Å². The van der Waals surface area contributed by atoms with Gasteiger partial charge in [0.05, 0.1) is 19.8 Å². The molecular weight excluding hydrogens is 254 g/mol. The minimum atomic E-state index is 0.0778. The molecule has 4 heteroatoms. The Balaban J connectivity index is 1.73. The molecule has 4 nitrogen and oxygen atoms in total. The van der Waals surface area contributed by atoms with Gasteiger partial charge in [-0.15, -0.1) is 0 Å². The minimum absolute atomic E-state index is 0.0778. The molecular formula is C16H23NO3. The molecule has 1 aliphatic rings. The Morgan fingerprint density at radius 1 is 1.20 bits per heavy atom. The average Bonchev–Trinajstić information content (AvgIpc) is 2.53. The second-order valence-corrected chi connectivity index (χ2v) is 5.29. The van der Waals surface area contributed by atoms with Crippen LogP contribution in [-0.4, -0.2) is 31.2 Å². The zero-order valence-electron chi connectivity index (χ0n) is 12.2. The fraction of sp³-hybridized carbons (Fsp3) is 0.562. The number of amides is 1. The largest absolute Gasteiger partial charge is 0.374 e. The Bertz CT molecular complexity index is 413. The van der Waals surface area contributed by atoms with Crippen molar-refractivity contribution in [2.24, 2.45) is 5.92 Å². The van der Waals surface area contributed by atoms with Crippen LogP contribution in [0.15, 0.2) is 30.3 Å².